The van der Waals surface area contributed by atoms with Gasteiger partial charge in [0.2, 0.25) is 0 Å². The van der Waals surface area contributed by atoms with E-state index in [1.165, 1.54) is 0 Å². The van der Waals surface area contributed by atoms with Crippen molar-refractivity contribution in [1.82, 2.24) is 10.6 Å². The molecule has 12 heavy (non-hydrogen) atoms. The lowest BCUT2D eigenvalue weighted by Crippen LogP contribution is -2.50. The Morgan fingerprint density at radius 1 is 1.58 bits per heavy atom. The van der Waals surface area contributed by atoms with Gasteiger partial charge in [-0.3, -0.25) is 10.6 Å². The topological polar surface area (TPSA) is 54.9 Å². The van der Waals surface area contributed by atoms with Crippen LogP contribution < -0.4 is 10.6 Å². The second kappa shape index (κ2) is 4.39. The van der Waals surface area contributed by atoms with Gasteiger partial charge in [0, 0.05) is 7.11 Å². The van der Waals surface area contributed by atoms with Crippen molar-refractivity contribution in [2.24, 2.45) is 4.99 Å². The quantitative estimate of drug-likeness (QED) is 0.591. The molecular weight excluding hydrogens is 158 g/mol. The van der Waals surface area contributed by atoms with Gasteiger partial charge < -0.3 is 9.47 Å². The maximum absolute atomic E-state index is 5.14. The summed E-state index contributed by atoms with van der Waals surface area (Å²) in [6.45, 7) is 0. The fourth-order valence-corrected chi connectivity index (χ4v) is 1.06. The van der Waals surface area contributed by atoms with E-state index in [0.717, 1.165) is 0 Å². The monoisotopic (exact) mass is 173 g/mol. The first-order chi connectivity index (χ1) is 5.80. The first-order valence-corrected chi connectivity index (χ1v) is 3.87. The summed E-state index contributed by atoms with van der Waals surface area (Å²) in [5, 5.41) is 6.09. The fourth-order valence-electron chi connectivity index (χ4n) is 1.06. The van der Waals surface area contributed by atoms with Crippen molar-refractivity contribution in [3.05, 3.63) is 0 Å². The molecule has 0 radical (unpaired) electrons. The number of hydrogen-bond donors (Lipinski definition) is 2. The van der Waals surface area contributed by atoms with Crippen LogP contribution in [0.4, 0.5) is 0 Å². The summed E-state index contributed by atoms with van der Waals surface area (Å²) in [5.74, 6) is 0.708. The Bertz CT molecular complexity index is 172. The van der Waals surface area contributed by atoms with Crippen LogP contribution in [0, 0.1) is 0 Å². The van der Waals surface area contributed by atoms with Crippen LogP contribution in [0.2, 0.25) is 0 Å². The number of rotatable bonds is 2. The summed E-state index contributed by atoms with van der Waals surface area (Å²) < 4.78 is 10.2. The fraction of sp³-hybridized carbons (Fsp3) is 0.857. The molecule has 0 fully saturated rings. The molecule has 5 heteroatoms. The Labute approximate surface area is 72.1 Å². The summed E-state index contributed by atoms with van der Waals surface area (Å²) in [7, 11) is 5.10. The van der Waals surface area contributed by atoms with Crippen LogP contribution in [0.3, 0.4) is 0 Å². The molecule has 0 amide bonds. The summed E-state index contributed by atoms with van der Waals surface area (Å²) in [6, 6.07) is 0. The number of aliphatic imine (C=N–C) groups is 1. The van der Waals surface area contributed by atoms with Crippen molar-refractivity contribution < 1.29 is 9.47 Å². The lowest BCUT2D eigenvalue weighted by Gasteiger charge is -2.27. The predicted molar refractivity (Wildman–Crippen MR) is 45.8 cm³/mol. The van der Waals surface area contributed by atoms with Crippen molar-refractivity contribution in [1.29, 1.82) is 0 Å². The molecule has 1 rings (SSSR count). The lowest BCUT2D eigenvalue weighted by atomic mass is 10.3. The average molecular weight is 173 g/mol. The van der Waals surface area contributed by atoms with Gasteiger partial charge in [-0.05, 0) is 7.05 Å². The van der Waals surface area contributed by atoms with Gasteiger partial charge in [0.25, 0.3) is 0 Å². The number of ether oxygens (including phenoxy) is 2. The van der Waals surface area contributed by atoms with Gasteiger partial charge in [-0.25, -0.2) is 4.99 Å². The number of nitrogens with zero attached hydrogens (tertiary/aromatic N) is 1. The molecule has 1 heterocycles. The second-order valence-electron chi connectivity index (χ2n) is 2.51. The van der Waals surface area contributed by atoms with Gasteiger partial charge in [-0.15, -0.1) is 0 Å². The van der Waals surface area contributed by atoms with E-state index in [4.69, 9.17) is 9.47 Å². The van der Waals surface area contributed by atoms with Gasteiger partial charge in [0.05, 0.1) is 13.5 Å². The van der Waals surface area contributed by atoms with Crippen LogP contribution in [-0.2, 0) is 9.47 Å². The highest BCUT2D eigenvalue weighted by Gasteiger charge is 2.21. The number of methoxy groups -OCH3 is 2. The van der Waals surface area contributed by atoms with E-state index >= 15 is 0 Å². The maximum atomic E-state index is 5.14. The van der Waals surface area contributed by atoms with Gasteiger partial charge in [-0.2, -0.15) is 0 Å². The molecule has 0 saturated heterocycles. The van der Waals surface area contributed by atoms with E-state index in [0.29, 0.717) is 12.3 Å². The van der Waals surface area contributed by atoms with Crippen LogP contribution in [0.1, 0.15) is 6.42 Å². The molecule has 0 bridgehead atoms. The third kappa shape index (κ3) is 2.17. The van der Waals surface area contributed by atoms with Gasteiger partial charge in [0.1, 0.15) is 6.23 Å². The second-order valence-corrected chi connectivity index (χ2v) is 2.51. The first-order valence-electron chi connectivity index (χ1n) is 3.87. The van der Waals surface area contributed by atoms with Gasteiger partial charge in [-0.1, -0.05) is 0 Å². The van der Waals surface area contributed by atoms with E-state index in [1.54, 1.807) is 14.2 Å². The number of nitrogens with one attached hydrogen (secondary N) is 2. The zero-order valence-corrected chi connectivity index (χ0v) is 7.63. The predicted octanol–water partition coefficient (Wildman–Crippen LogP) is -0.500. The summed E-state index contributed by atoms with van der Waals surface area (Å²) in [5.41, 5.74) is 0. The highest BCUT2D eigenvalue weighted by atomic mass is 16.5. The molecule has 5 nitrogen and oxygen atoms in total. The van der Waals surface area contributed by atoms with E-state index in [2.05, 4.69) is 15.6 Å². The van der Waals surface area contributed by atoms with Gasteiger partial charge in [0.15, 0.2) is 12.2 Å². The first kappa shape index (κ1) is 9.44. The Balaban J connectivity index is 2.57. The Morgan fingerprint density at radius 3 is 2.83 bits per heavy atom. The van der Waals surface area contributed by atoms with Crippen LogP contribution in [0.25, 0.3) is 0 Å². The summed E-state index contributed by atoms with van der Waals surface area (Å²) in [4.78, 5) is 4.21. The van der Waals surface area contributed by atoms with Crippen LogP contribution in [-0.4, -0.2) is 39.7 Å². The van der Waals surface area contributed by atoms with E-state index in [1.807, 2.05) is 7.05 Å². The maximum Gasteiger partial charge on any atom is 0.189 e. The van der Waals surface area contributed by atoms with Crippen molar-refractivity contribution in [3.63, 3.8) is 0 Å². The number of hydrogen-bond acceptors (Lipinski definition) is 5. The molecule has 0 spiro atoms. The van der Waals surface area contributed by atoms with E-state index in [-0.39, 0.29) is 12.5 Å². The molecule has 0 aromatic carbocycles. The molecule has 0 aliphatic carbocycles. The highest BCUT2D eigenvalue weighted by molar-refractivity contribution is 5.77. The zero-order chi connectivity index (χ0) is 8.97. The molecule has 2 N–H and O–H groups in total. The molecule has 2 unspecified atom stereocenters. The Morgan fingerprint density at radius 2 is 2.33 bits per heavy atom. The van der Waals surface area contributed by atoms with E-state index in [9.17, 15) is 0 Å². The van der Waals surface area contributed by atoms with Crippen molar-refractivity contribution in [3.8, 4) is 0 Å². The minimum absolute atomic E-state index is 0.0186. The van der Waals surface area contributed by atoms with E-state index < -0.39 is 0 Å². The molecule has 1 aliphatic heterocycles. The van der Waals surface area contributed by atoms with Crippen molar-refractivity contribution >= 4 is 5.90 Å². The smallest absolute Gasteiger partial charge is 0.189 e. The molecule has 70 valence electrons. The minimum atomic E-state index is -0.112. The average Bonchev–Trinajstić information content (AvgIpc) is 2.16. The van der Waals surface area contributed by atoms with Crippen LogP contribution >= 0.6 is 0 Å². The third-order valence-electron chi connectivity index (χ3n) is 1.77. The SMILES string of the molecule is CNC1N=C(OC)CC(OC)N1. The Hall–Kier alpha value is -0.650. The van der Waals surface area contributed by atoms with Crippen LogP contribution in [0.5, 0.6) is 0 Å². The molecule has 0 aromatic heterocycles. The highest BCUT2D eigenvalue weighted by Crippen LogP contribution is 2.05. The molecule has 0 saturated carbocycles. The lowest BCUT2D eigenvalue weighted by molar-refractivity contribution is 0.0548. The molecular formula is C7H15N3O2. The van der Waals surface area contributed by atoms with Crippen molar-refractivity contribution in [2.45, 2.75) is 18.9 Å². The summed E-state index contributed by atoms with van der Waals surface area (Å²) >= 11 is 0. The normalized spacial score (nSPS) is 29.8. The Kier molecular flexibility index (Phi) is 3.46. The third-order valence-corrected chi connectivity index (χ3v) is 1.77. The largest absolute Gasteiger partial charge is 0.484 e. The molecule has 0 aromatic rings. The minimum Gasteiger partial charge on any atom is -0.484 e. The van der Waals surface area contributed by atoms with Crippen molar-refractivity contribution in [2.75, 3.05) is 21.3 Å². The van der Waals surface area contributed by atoms with Gasteiger partial charge >= 0.3 is 0 Å². The molecule has 2 atom stereocenters. The zero-order valence-electron chi connectivity index (χ0n) is 7.63. The molecule has 1 aliphatic rings. The van der Waals surface area contributed by atoms with Crippen LogP contribution in [0.15, 0.2) is 4.99 Å². The summed E-state index contributed by atoms with van der Waals surface area (Å²) in [6.07, 6.45) is 0.541. The standard InChI is InChI=1S/C7H15N3O2/c1-8-7-9-5(11-2)4-6(10-7)12-3/h5,7-9H,4H2,1-3H3.